The predicted molar refractivity (Wildman–Crippen MR) is 108 cm³/mol. The second-order valence-electron chi connectivity index (χ2n) is 8.25. The van der Waals surface area contributed by atoms with Gasteiger partial charge in [-0.15, -0.1) is 0 Å². The summed E-state index contributed by atoms with van der Waals surface area (Å²) in [6, 6.07) is 0. The molecule has 4 fully saturated rings. The van der Waals surface area contributed by atoms with E-state index < -0.39 is 6.10 Å². The summed E-state index contributed by atoms with van der Waals surface area (Å²) in [6.07, 6.45) is 2.45. The largest absolute Gasteiger partial charge is 0.396 e. The Hall–Kier alpha value is -0.400. The topological polar surface area (TPSA) is 128 Å². The fourth-order valence-electron chi connectivity index (χ4n) is 2.65. The highest BCUT2D eigenvalue weighted by atomic mass is 16.6. The van der Waals surface area contributed by atoms with E-state index in [4.69, 9.17) is 43.0 Å². The fraction of sp³-hybridized carbons (Fsp3) is 1.00. The van der Waals surface area contributed by atoms with Gasteiger partial charge in [0.2, 0.25) is 0 Å². The molecule has 0 aliphatic carbocycles. The Labute approximate surface area is 184 Å². The summed E-state index contributed by atoms with van der Waals surface area (Å²) >= 11 is 0. The van der Waals surface area contributed by atoms with Crippen LogP contribution in [0.25, 0.3) is 0 Å². The predicted octanol–water partition coefficient (Wildman–Crippen LogP) is -0.473. The molecule has 4 aliphatic rings. The first-order valence-electron chi connectivity index (χ1n) is 11.3. The van der Waals surface area contributed by atoms with Crippen LogP contribution >= 0.6 is 0 Å². The van der Waals surface area contributed by atoms with E-state index in [0.29, 0.717) is 45.1 Å². The van der Waals surface area contributed by atoms with Crippen LogP contribution in [0.3, 0.4) is 0 Å². The van der Waals surface area contributed by atoms with Crippen LogP contribution in [0.1, 0.15) is 19.3 Å². The highest BCUT2D eigenvalue weighted by Gasteiger charge is 2.27. The van der Waals surface area contributed by atoms with Crippen LogP contribution in [0.2, 0.25) is 0 Å². The zero-order valence-corrected chi connectivity index (χ0v) is 18.2. The molecule has 0 aromatic rings. The SMILES string of the molecule is C(OCC1CO1)C1CO1.OCCCCOCC(O)CC(COCC1CO1)OCC1CO1. The lowest BCUT2D eigenvalue weighted by Gasteiger charge is -2.20. The third kappa shape index (κ3) is 14.4. The maximum Gasteiger partial charge on any atom is 0.104 e. The van der Waals surface area contributed by atoms with Gasteiger partial charge in [0.25, 0.3) is 0 Å². The van der Waals surface area contributed by atoms with Crippen molar-refractivity contribution in [3.63, 3.8) is 0 Å². The highest BCUT2D eigenvalue weighted by molar-refractivity contribution is 4.73. The minimum Gasteiger partial charge on any atom is -0.396 e. The molecule has 4 heterocycles. The van der Waals surface area contributed by atoms with Crippen molar-refractivity contribution in [3.05, 3.63) is 0 Å². The normalized spacial score (nSPS) is 29.6. The number of hydrogen-bond acceptors (Lipinski definition) is 10. The molecule has 0 aromatic heterocycles. The molecular weight excluding hydrogens is 412 g/mol. The first-order chi connectivity index (χ1) is 15.2. The molecule has 10 heteroatoms. The molecule has 6 unspecified atom stereocenters. The number of unbranched alkanes of at least 4 members (excludes halogenated alkanes) is 1. The maximum absolute atomic E-state index is 10.0. The van der Waals surface area contributed by atoms with Gasteiger partial charge in [-0.2, -0.15) is 0 Å². The number of hydrogen-bond donors (Lipinski definition) is 2. The molecule has 0 aromatic carbocycles. The molecule has 6 atom stereocenters. The first-order valence-corrected chi connectivity index (χ1v) is 11.3. The van der Waals surface area contributed by atoms with Crippen molar-refractivity contribution in [2.45, 2.75) is 55.9 Å². The Morgan fingerprint density at radius 1 is 0.710 bits per heavy atom. The molecule has 0 radical (unpaired) electrons. The molecule has 31 heavy (non-hydrogen) atoms. The van der Waals surface area contributed by atoms with Gasteiger partial charge in [-0.3, -0.25) is 0 Å². The van der Waals surface area contributed by atoms with Crippen molar-refractivity contribution in [1.29, 1.82) is 0 Å². The molecule has 0 saturated carbocycles. The summed E-state index contributed by atoms with van der Waals surface area (Å²) in [5, 5.41) is 18.7. The Balaban J connectivity index is 0.000000248. The van der Waals surface area contributed by atoms with Crippen LogP contribution < -0.4 is 0 Å². The zero-order valence-electron chi connectivity index (χ0n) is 18.2. The Morgan fingerprint density at radius 3 is 1.81 bits per heavy atom. The van der Waals surface area contributed by atoms with Crippen LogP contribution in [0, 0.1) is 0 Å². The van der Waals surface area contributed by atoms with E-state index in [-0.39, 0.29) is 31.5 Å². The number of epoxide rings is 4. The van der Waals surface area contributed by atoms with E-state index in [1.54, 1.807) is 0 Å². The molecular formula is C21H38O10. The molecule has 4 saturated heterocycles. The third-order valence-electron chi connectivity index (χ3n) is 4.88. The van der Waals surface area contributed by atoms with Crippen LogP contribution in [-0.2, 0) is 37.9 Å². The van der Waals surface area contributed by atoms with E-state index in [2.05, 4.69) is 0 Å². The summed E-state index contributed by atoms with van der Waals surface area (Å²) < 4.78 is 42.0. The zero-order chi connectivity index (χ0) is 21.7. The van der Waals surface area contributed by atoms with Gasteiger partial charge >= 0.3 is 0 Å². The lowest BCUT2D eigenvalue weighted by Crippen LogP contribution is -2.30. The first kappa shape index (κ1) is 25.2. The van der Waals surface area contributed by atoms with E-state index in [9.17, 15) is 5.11 Å². The lowest BCUT2D eigenvalue weighted by molar-refractivity contribution is -0.0585. The maximum atomic E-state index is 10.0. The quantitative estimate of drug-likeness (QED) is 0.197. The van der Waals surface area contributed by atoms with Crippen LogP contribution in [0.4, 0.5) is 0 Å². The number of aliphatic hydroxyl groups excluding tert-OH is 2. The molecule has 0 amide bonds. The monoisotopic (exact) mass is 450 g/mol. The van der Waals surface area contributed by atoms with Crippen molar-refractivity contribution < 1.29 is 48.1 Å². The second-order valence-corrected chi connectivity index (χ2v) is 8.25. The second kappa shape index (κ2) is 14.7. The van der Waals surface area contributed by atoms with Crippen molar-refractivity contribution in [2.75, 3.05) is 79.3 Å². The van der Waals surface area contributed by atoms with Crippen LogP contribution in [0.5, 0.6) is 0 Å². The Kier molecular flexibility index (Phi) is 12.0. The van der Waals surface area contributed by atoms with Crippen molar-refractivity contribution in [3.8, 4) is 0 Å². The minimum atomic E-state index is -0.583. The Bertz CT molecular complexity index is 439. The minimum absolute atomic E-state index is 0.168. The average Bonchev–Trinajstić information content (AvgIpc) is 3.59. The molecule has 2 N–H and O–H groups in total. The Morgan fingerprint density at radius 2 is 1.26 bits per heavy atom. The van der Waals surface area contributed by atoms with Crippen LogP contribution in [-0.4, -0.2) is 126 Å². The molecule has 4 aliphatic heterocycles. The van der Waals surface area contributed by atoms with Crippen molar-refractivity contribution in [2.24, 2.45) is 0 Å². The van der Waals surface area contributed by atoms with Crippen molar-refractivity contribution in [1.82, 2.24) is 0 Å². The molecule has 0 spiro atoms. The average molecular weight is 451 g/mol. The van der Waals surface area contributed by atoms with Gasteiger partial charge in [0, 0.05) is 19.6 Å². The summed E-state index contributed by atoms with van der Waals surface area (Å²) in [5.74, 6) is 0. The van der Waals surface area contributed by atoms with Gasteiger partial charge in [0.1, 0.15) is 24.4 Å². The van der Waals surface area contributed by atoms with E-state index >= 15 is 0 Å². The summed E-state index contributed by atoms with van der Waals surface area (Å²) in [4.78, 5) is 0. The molecule has 10 nitrogen and oxygen atoms in total. The highest BCUT2D eigenvalue weighted by Crippen LogP contribution is 2.15. The smallest absolute Gasteiger partial charge is 0.104 e. The van der Waals surface area contributed by atoms with Gasteiger partial charge < -0.3 is 48.1 Å². The van der Waals surface area contributed by atoms with Gasteiger partial charge in [-0.05, 0) is 12.8 Å². The van der Waals surface area contributed by atoms with Gasteiger partial charge in [-0.1, -0.05) is 0 Å². The van der Waals surface area contributed by atoms with Crippen LogP contribution in [0.15, 0.2) is 0 Å². The van der Waals surface area contributed by atoms with Gasteiger partial charge in [-0.25, -0.2) is 0 Å². The fourth-order valence-corrected chi connectivity index (χ4v) is 2.65. The number of aliphatic hydroxyl groups is 2. The standard InChI is InChI=1S/C15H28O7.C6H10O3/c16-3-1-2-4-18-6-12(17)5-13(20-10-15-11-22-15)7-19-8-14-9-21-14;1(5-3-8-5)7-2-6-4-9-6/h12-17H,1-11H2;5-6H,1-4H2. The summed E-state index contributed by atoms with van der Waals surface area (Å²) in [6.45, 7) is 7.33. The third-order valence-corrected chi connectivity index (χ3v) is 4.88. The van der Waals surface area contributed by atoms with E-state index in [1.807, 2.05) is 0 Å². The van der Waals surface area contributed by atoms with Crippen molar-refractivity contribution >= 4 is 0 Å². The molecule has 0 bridgehead atoms. The number of rotatable bonds is 19. The van der Waals surface area contributed by atoms with E-state index in [0.717, 1.165) is 52.5 Å². The summed E-state index contributed by atoms with van der Waals surface area (Å²) in [5.41, 5.74) is 0. The lowest BCUT2D eigenvalue weighted by atomic mass is 10.1. The van der Waals surface area contributed by atoms with Gasteiger partial charge in [0.15, 0.2) is 0 Å². The summed E-state index contributed by atoms with van der Waals surface area (Å²) in [7, 11) is 0. The molecule has 4 rings (SSSR count). The van der Waals surface area contributed by atoms with E-state index in [1.165, 1.54) is 0 Å². The number of ether oxygens (including phenoxy) is 8. The van der Waals surface area contributed by atoms with Gasteiger partial charge in [0.05, 0.1) is 78.3 Å². The molecule has 182 valence electrons.